The molecule has 0 aromatic heterocycles. The average molecular weight is 245 g/mol. The van der Waals surface area contributed by atoms with Crippen molar-refractivity contribution < 1.29 is 4.79 Å². The van der Waals surface area contributed by atoms with Gasteiger partial charge in [0.2, 0.25) is 5.91 Å². The molecule has 1 aliphatic rings. The maximum atomic E-state index is 11.8. The molecule has 1 aromatic carbocycles. The molecule has 18 heavy (non-hydrogen) atoms. The Labute approximate surface area is 110 Å². The lowest BCUT2D eigenvalue weighted by Gasteiger charge is -2.10. The molecule has 1 amide bonds. The molecule has 0 saturated heterocycles. The zero-order valence-electron chi connectivity index (χ0n) is 11.2. The minimum absolute atomic E-state index is 0.274. The van der Waals surface area contributed by atoms with Crippen molar-refractivity contribution in [2.45, 2.75) is 45.4 Å². The monoisotopic (exact) mass is 245 g/mol. The highest BCUT2D eigenvalue weighted by molar-refractivity contribution is 5.78. The van der Waals surface area contributed by atoms with Crippen LogP contribution in [0.4, 0.5) is 0 Å². The quantitative estimate of drug-likeness (QED) is 0.793. The summed E-state index contributed by atoms with van der Waals surface area (Å²) in [6, 6.07) is 8.64. The fraction of sp³-hybridized carbons (Fsp3) is 0.562. The summed E-state index contributed by atoms with van der Waals surface area (Å²) in [5.41, 5.74) is 2.66. The van der Waals surface area contributed by atoms with Gasteiger partial charge in [-0.05, 0) is 38.2 Å². The smallest absolute Gasteiger partial charge is 0.223 e. The molecule has 0 unspecified atom stereocenters. The molecule has 0 bridgehead atoms. The lowest BCUT2D eigenvalue weighted by atomic mass is 10.1. The van der Waals surface area contributed by atoms with E-state index in [1.54, 1.807) is 0 Å². The number of amides is 1. The van der Waals surface area contributed by atoms with Crippen LogP contribution in [0.3, 0.4) is 0 Å². The molecule has 1 aromatic rings. The first-order chi connectivity index (χ1) is 8.75. The third-order valence-corrected chi connectivity index (χ3v) is 3.79. The van der Waals surface area contributed by atoms with E-state index in [9.17, 15) is 4.79 Å². The van der Waals surface area contributed by atoms with Gasteiger partial charge in [-0.1, -0.05) is 42.7 Å². The van der Waals surface area contributed by atoms with Crippen LogP contribution >= 0.6 is 0 Å². The van der Waals surface area contributed by atoms with E-state index in [0.29, 0.717) is 5.92 Å². The summed E-state index contributed by atoms with van der Waals surface area (Å²) in [4.78, 5) is 11.8. The molecule has 2 rings (SSSR count). The van der Waals surface area contributed by atoms with Crippen LogP contribution < -0.4 is 5.32 Å². The first-order valence-corrected chi connectivity index (χ1v) is 7.09. The van der Waals surface area contributed by atoms with Gasteiger partial charge in [0.25, 0.3) is 0 Å². The second kappa shape index (κ2) is 6.58. The van der Waals surface area contributed by atoms with E-state index in [4.69, 9.17) is 0 Å². The summed E-state index contributed by atoms with van der Waals surface area (Å²) in [5, 5.41) is 3.07. The van der Waals surface area contributed by atoms with Crippen LogP contribution in [-0.2, 0) is 11.2 Å². The molecule has 0 atom stereocenters. The number of carbonyl (C=O) groups excluding carboxylic acids is 1. The van der Waals surface area contributed by atoms with E-state index in [0.717, 1.165) is 32.2 Å². The van der Waals surface area contributed by atoms with E-state index < -0.39 is 0 Å². The molecule has 98 valence electrons. The number of carbonyl (C=O) groups is 1. The van der Waals surface area contributed by atoms with Gasteiger partial charge in [-0.15, -0.1) is 0 Å². The minimum atomic E-state index is 0.274. The molecule has 1 aliphatic carbocycles. The molecule has 0 spiro atoms. The first-order valence-electron chi connectivity index (χ1n) is 7.09. The normalized spacial score (nSPS) is 15.8. The lowest BCUT2D eigenvalue weighted by molar-refractivity contribution is -0.124. The molecule has 2 nitrogen and oxygen atoms in total. The maximum Gasteiger partial charge on any atom is 0.223 e. The summed E-state index contributed by atoms with van der Waals surface area (Å²) < 4.78 is 0. The van der Waals surface area contributed by atoms with E-state index in [-0.39, 0.29) is 5.91 Å². The molecule has 0 heterocycles. The molecular formula is C16H23NO. The highest BCUT2D eigenvalue weighted by Gasteiger charge is 2.21. The molecule has 1 N–H and O–H groups in total. The predicted molar refractivity (Wildman–Crippen MR) is 74.5 cm³/mol. The number of hydrogen-bond acceptors (Lipinski definition) is 1. The second-order valence-electron chi connectivity index (χ2n) is 5.36. The number of rotatable bonds is 5. The van der Waals surface area contributed by atoms with Crippen molar-refractivity contribution in [3.63, 3.8) is 0 Å². The molecular weight excluding hydrogens is 222 g/mol. The summed E-state index contributed by atoms with van der Waals surface area (Å²) >= 11 is 0. The summed E-state index contributed by atoms with van der Waals surface area (Å²) in [5.74, 6) is 0.570. The van der Waals surface area contributed by atoms with Gasteiger partial charge < -0.3 is 5.32 Å². The summed E-state index contributed by atoms with van der Waals surface area (Å²) in [6.07, 6.45) is 6.70. The molecule has 0 aliphatic heterocycles. The van der Waals surface area contributed by atoms with Crippen molar-refractivity contribution >= 4 is 5.91 Å². The fourth-order valence-electron chi connectivity index (χ4n) is 2.59. The highest BCUT2D eigenvalue weighted by atomic mass is 16.1. The van der Waals surface area contributed by atoms with E-state index >= 15 is 0 Å². The third-order valence-electron chi connectivity index (χ3n) is 3.79. The van der Waals surface area contributed by atoms with Crippen LogP contribution in [0.1, 0.15) is 43.2 Å². The van der Waals surface area contributed by atoms with E-state index in [1.807, 2.05) is 0 Å². The zero-order chi connectivity index (χ0) is 12.8. The number of hydrogen-bond donors (Lipinski definition) is 1. The number of nitrogens with one attached hydrogen (secondary N) is 1. The van der Waals surface area contributed by atoms with Crippen LogP contribution in [-0.4, -0.2) is 12.5 Å². The molecule has 0 radical (unpaired) electrons. The van der Waals surface area contributed by atoms with Crippen molar-refractivity contribution in [2.75, 3.05) is 6.54 Å². The van der Waals surface area contributed by atoms with Gasteiger partial charge in [0.1, 0.15) is 0 Å². The Hall–Kier alpha value is -1.31. The van der Waals surface area contributed by atoms with Crippen molar-refractivity contribution in [1.82, 2.24) is 5.32 Å². The number of benzene rings is 1. The van der Waals surface area contributed by atoms with Crippen molar-refractivity contribution in [3.8, 4) is 0 Å². The van der Waals surface area contributed by atoms with Gasteiger partial charge in [-0.3, -0.25) is 4.79 Å². The highest BCUT2D eigenvalue weighted by Crippen LogP contribution is 2.24. The lowest BCUT2D eigenvalue weighted by Crippen LogP contribution is -2.30. The molecule has 1 fully saturated rings. The Morgan fingerprint density at radius 1 is 1.22 bits per heavy atom. The van der Waals surface area contributed by atoms with E-state index in [2.05, 4.69) is 36.5 Å². The van der Waals surface area contributed by atoms with Crippen LogP contribution in [0.2, 0.25) is 0 Å². The Kier molecular flexibility index (Phi) is 4.80. The SMILES string of the molecule is Cc1ccc(CCCNC(=O)C2CCCC2)cc1. The third kappa shape index (κ3) is 3.86. The Morgan fingerprint density at radius 3 is 2.56 bits per heavy atom. The van der Waals surface area contributed by atoms with Crippen molar-refractivity contribution in [3.05, 3.63) is 35.4 Å². The number of aryl methyl sites for hydroxylation is 2. The average Bonchev–Trinajstić information content (AvgIpc) is 2.90. The van der Waals surface area contributed by atoms with E-state index in [1.165, 1.54) is 24.0 Å². The summed E-state index contributed by atoms with van der Waals surface area (Å²) in [6.45, 7) is 2.91. The molecule has 1 saturated carbocycles. The van der Waals surface area contributed by atoms with Crippen molar-refractivity contribution in [1.29, 1.82) is 0 Å². The second-order valence-corrected chi connectivity index (χ2v) is 5.36. The van der Waals surface area contributed by atoms with Gasteiger partial charge >= 0.3 is 0 Å². The Bertz CT molecular complexity index is 377. The van der Waals surface area contributed by atoms with Crippen LogP contribution in [0, 0.1) is 12.8 Å². The van der Waals surface area contributed by atoms with Gasteiger partial charge in [0.05, 0.1) is 0 Å². The largest absolute Gasteiger partial charge is 0.356 e. The fourth-order valence-corrected chi connectivity index (χ4v) is 2.59. The topological polar surface area (TPSA) is 29.1 Å². The van der Waals surface area contributed by atoms with Crippen molar-refractivity contribution in [2.24, 2.45) is 5.92 Å². The van der Waals surface area contributed by atoms with Gasteiger partial charge in [0, 0.05) is 12.5 Å². The first kappa shape index (κ1) is 13.1. The minimum Gasteiger partial charge on any atom is -0.356 e. The van der Waals surface area contributed by atoms with Gasteiger partial charge in [-0.2, -0.15) is 0 Å². The maximum absolute atomic E-state index is 11.8. The predicted octanol–water partition coefficient (Wildman–Crippen LogP) is 3.23. The Balaban J connectivity index is 1.63. The van der Waals surface area contributed by atoms with Gasteiger partial charge in [-0.25, -0.2) is 0 Å². The van der Waals surface area contributed by atoms with Gasteiger partial charge in [0.15, 0.2) is 0 Å². The standard InChI is InChI=1S/C16H23NO/c1-13-8-10-14(11-9-13)5-4-12-17-16(18)15-6-2-3-7-15/h8-11,15H,2-7,12H2,1H3,(H,17,18). The zero-order valence-corrected chi connectivity index (χ0v) is 11.2. The van der Waals surface area contributed by atoms with Crippen LogP contribution in [0.15, 0.2) is 24.3 Å². The molecule has 2 heteroatoms. The van der Waals surface area contributed by atoms with Crippen LogP contribution in [0.5, 0.6) is 0 Å². The summed E-state index contributed by atoms with van der Waals surface area (Å²) in [7, 11) is 0. The van der Waals surface area contributed by atoms with Crippen LogP contribution in [0.25, 0.3) is 0 Å². The Morgan fingerprint density at radius 2 is 1.89 bits per heavy atom.